The number of piperidine rings is 1. The zero-order valence-electron chi connectivity index (χ0n) is 15.8. The van der Waals surface area contributed by atoms with Gasteiger partial charge in [-0.2, -0.15) is 5.26 Å². The van der Waals surface area contributed by atoms with Gasteiger partial charge in [-0.1, -0.05) is 24.3 Å². The van der Waals surface area contributed by atoms with E-state index in [0.29, 0.717) is 12.5 Å². The molecule has 3 rings (SSSR count). The highest BCUT2D eigenvalue weighted by atomic mass is 16.5. The molecule has 2 saturated heterocycles. The molecule has 0 aliphatic carbocycles. The van der Waals surface area contributed by atoms with Crippen LogP contribution in [0.4, 0.5) is 0 Å². The average molecular weight is 355 g/mol. The Labute approximate surface area is 156 Å². The van der Waals surface area contributed by atoms with E-state index in [1.807, 2.05) is 26.0 Å². The minimum absolute atomic E-state index is 0.000501. The third-order valence-corrected chi connectivity index (χ3v) is 5.96. The summed E-state index contributed by atoms with van der Waals surface area (Å²) in [5, 5.41) is 9.49. The van der Waals surface area contributed by atoms with Gasteiger partial charge in [0.25, 0.3) is 0 Å². The number of carbonyl (C=O) groups is 1. The van der Waals surface area contributed by atoms with Crippen molar-refractivity contribution in [2.24, 2.45) is 17.6 Å². The van der Waals surface area contributed by atoms with Crippen molar-refractivity contribution in [3.8, 4) is 6.07 Å². The molecule has 2 atom stereocenters. The van der Waals surface area contributed by atoms with Crippen molar-refractivity contribution in [2.45, 2.75) is 51.2 Å². The van der Waals surface area contributed by atoms with Crippen molar-refractivity contribution in [2.75, 3.05) is 19.7 Å². The SMILES string of the molecule is CC(C)(C#N)c1ccccc1CN1CCC([C@H]2OCC[C@@H]2C(N)=O)CC1. The van der Waals surface area contributed by atoms with E-state index in [1.165, 1.54) is 5.56 Å². The zero-order valence-corrected chi connectivity index (χ0v) is 15.8. The molecule has 2 heterocycles. The number of hydrogen-bond acceptors (Lipinski definition) is 4. The monoisotopic (exact) mass is 355 g/mol. The first kappa shape index (κ1) is 18.9. The summed E-state index contributed by atoms with van der Waals surface area (Å²) in [6.45, 7) is 7.42. The second-order valence-electron chi connectivity index (χ2n) is 8.14. The Kier molecular flexibility index (Phi) is 5.64. The van der Waals surface area contributed by atoms with E-state index in [9.17, 15) is 10.1 Å². The molecular formula is C21H29N3O2. The number of ether oxygens (including phenoxy) is 1. The normalized spacial score (nSPS) is 25.1. The largest absolute Gasteiger partial charge is 0.377 e. The summed E-state index contributed by atoms with van der Waals surface area (Å²) in [5.74, 6) is 0.0725. The summed E-state index contributed by atoms with van der Waals surface area (Å²) in [7, 11) is 0. The lowest BCUT2D eigenvalue weighted by Gasteiger charge is -2.36. The van der Waals surface area contributed by atoms with Crippen molar-refractivity contribution < 1.29 is 9.53 Å². The maximum Gasteiger partial charge on any atom is 0.223 e. The van der Waals surface area contributed by atoms with E-state index in [-0.39, 0.29) is 17.9 Å². The molecule has 0 bridgehead atoms. The predicted molar refractivity (Wildman–Crippen MR) is 100 cm³/mol. The topological polar surface area (TPSA) is 79.3 Å². The van der Waals surface area contributed by atoms with E-state index in [2.05, 4.69) is 23.1 Å². The fraction of sp³-hybridized carbons (Fsp3) is 0.619. The summed E-state index contributed by atoms with van der Waals surface area (Å²) >= 11 is 0. The molecule has 0 spiro atoms. The van der Waals surface area contributed by atoms with Crippen LogP contribution in [0.25, 0.3) is 0 Å². The molecule has 5 nitrogen and oxygen atoms in total. The molecule has 2 fully saturated rings. The Bertz CT molecular complexity index is 687. The predicted octanol–water partition coefficient (Wildman–Crippen LogP) is 2.59. The van der Waals surface area contributed by atoms with Crippen LogP contribution < -0.4 is 5.73 Å². The van der Waals surface area contributed by atoms with Gasteiger partial charge in [-0.15, -0.1) is 0 Å². The van der Waals surface area contributed by atoms with Gasteiger partial charge in [-0.3, -0.25) is 9.69 Å². The van der Waals surface area contributed by atoms with Gasteiger partial charge >= 0.3 is 0 Å². The van der Waals surface area contributed by atoms with Crippen molar-refractivity contribution >= 4 is 5.91 Å². The minimum atomic E-state index is -0.485. The van der Waals surface area contributed by atoms with Gasteiger partial charge in [0.2, 0.25) is 5.91 Å². The van der Waals surface area contributed by atoms with Crippen LogP contribution in [-0.4, -0.2) is 36.6 Å². The van der Waals surface area contributed by atoms with Crippen LogP contribution >= 0.6 is 0 Å². The summed E-state index contributed by atoms with van der Waals surface area (Å²) in [6, 6.07) is 10.7. The Morgan fingerprint density at radius 2 is 2.00 bits per heavy atom. The van der Waals surface area contributed by atoms with Gasteiger partial charge < -0.3 is 10.5 Å². The lowest BCUT2D eigenvalue weighted by atomic mass is 9.82. The molecule has 5 heteroatoms. The van der Waals surface area contributed by atoms with Crippen LogP contribution in [0.5, 0.6) is 0 Å². The number of carbonyl (C=O) groups excluding carboxylic acids is 1. The fourth-order valence-corrected chi connectivity index (χ4v) is 4.39. The van der Waals surface area contributed by atoms with Crippen LogP contribution in [-0.2, 0) is 21.5 Å². The van der Waals surface area contributed by atoms with E-state index in [4.69, 9.17) is 10.5 Å². The lowest BCUT2D eigenvalue weighted by Crippen LogP contribution is -2.42. The number of nitrogens with zero attached hydrogens (tertiary/aromatic N) is 2. The number of nitrogens with two attached hydrogens (primary N) is 1. The number of hydrogen-bond donors (Lipinski definition) is 1. The van der Waals surface area contributed by atoms with Crippen molar-refractivity contribution in [3.63, 3.8) is 0 Å². The molecule has 0 saturated carbocycles. The molecule has 26 heavy (non-hydrogen) atoms. The second kappa shape index (κ2) is 7.77. The highest BCUT2D eigenvalue weighted by molar-refractivity contribution is 5.77. The highest BCUT2D eigenvalue weighted by Gasteiger charge is 2.39. The molecule has 0 radical (unpaired) electrons. The van der Waals surface area contributed by atoms with Gasteiger partial charge in [0.1, 0.15) is 0 Å². The maximum atomic E-state index is 11.6. The zero-order chi connectivity index (χ0) is 18.7. The fourth-order valence-electron chi connectivity index (χ4n) is 4.39. The summed E-state index contributed by atoms with van der Waals surface area (Å²) in [5.41, 5.74) is 7.39. The molecule has 1 aromatic rings. The number of benzene rings is 1. The summed E-state index contributed by atoms with van der Waals surface area (Å²) in [6.07, 6.45) is 2.81. The third kappa shape index (κ3) is 3.92. The first-order valence-electron chi connectivity index (χ1n) is 9.55. The quantitative estimate of drug-likeness (QED) is 0.880. The lowest BCUT2D eigenvalue weighted by molar-refractivity contribution is -0.124. The minimum Gasteiger partial charge on any atom is -0.377 e. The molecule has 2 aliphatic heterocycles. The molecule has 2 N–H and O–H groups in total. The maximum absolute atomic E-state index is 11.6. The van der Waals surface area contributed by atoms with Gasteiger partial charge in [-0.05, 0) is 63.2 Å². The Balaban J connectivity index is 1.62. The number of likely N-dealkylation sites (tertiary alicyclic amines) is 1. The van der Waals surface area contributed by atoms with Crippen molar-refractivity contribution in [3.05, 3.63) is 35.4 Å². The van der Waals surface area contributed by atoms with E-state index < -0.39 is 5.41 Å². The summed E-state index contributed by atoms with van der Waals surface area (Å²) in [4.78, 5) is 14.1. The van der Waals surface area contributed by atoms with Gasteiger partial charge in [-0.25, -0.2) is 0 Å². The Morgan fingerprint density at radius 3 is 2.65 bits per heavy atom. The van der Waals surface area contributed by atoms with Crippen LogP contribution in [0.3, 0.4) is 0 Å². The van der Waals surface area contributed by atoms with E-state index in [1.54, 1.807) is 0 Å². The molecular weight excluding hydrogens is 326 g/mol. The first-order chi connectivity index (χ1) is 12.4. The van der Waals surface area contributed by atoms with E-state index >= 15 is 0 Å². The summed E-state index contributed by atoms with van der Waals surface area (Å²) < 4.78 is 5.84. The molecule has 1 aromatic carbocycles. The van der Waals surface area contributed by atoms with Crippen LogP contribution in [0.2, 0.25) is 0 Å². The van der Waals surface area contributed by atoms with Crippen molar-refractivity contribution in [1.82, 2.24) is 4.90 Å². The van der Waals surface area contributed by atoms with E-state index in [0.717, 1.165) is 44.5 Å². The number of rotatable bonds is 5. The highest BCUT2D eigenvalue weighted by Crippen LogP contribution is 2.34. The molecule has 0 unspecified atom stereocenters. The molecule has 140 valence electrons. The Hall–Kier alpha value is -1.90. The van der Waals surface area contributed by atoms with Gasteiger partial charge in [0.05, 0.1) is 23.5 Å². The second-order valence-corrected chi connectivity index (χ2v) is 8.14. The average Bonchev–Trinajstić information content (AvgIpc) is 3.13. The smallest absolute Gasteiger partial charge is 0.223 e. The van der Waals surface area contributed by atoms with Crippen LogP contribution in [0, 0.1) is 23.2 Å². The van der Waals surface area contributed by atoms with Crippen LogP contribution in [0.15, 0.2) is 24.3 Å². The number of primary amides is 1. The molecule has 1 amide bonds. The standard InChI is InChI=1S/C21H29N3O2/c1-21(2,14-22)18-6-4-3-5-16(18)13-24-10-7-15(8-11-24)19-17(20(23)25)9-12-26-19/h3-6,15,17,19H,7-13H2,1-2H3,(H2,23,25)/t17-,19+/m0/s1. The number of nitriles is 1. The Morgan fingerprint density at radius 1 is 1.31 bits per heavy atom. The van der Waals surface area contributed by atoms with Gasteiger partial charge in [0, 0.05) is 13.2 Å². The van der Waals surface area contributed by atoms with Crippen molar-refractivity contribution in [1.29, 1.82) is 5.26 Å². The molecule has 0 aromatic heterocycles. The first-order valence-corrected chi connectivity index (χ1v) is 9.55. The molecule has 2 aliphatic rings. The van der Waals surface area contributed by atoms with Gasteiger partial charge in [0.15, 0.2) is 0 Å². The third-order valence-electron chi connectivity index (χ3n) is 5.96. The number of amides is 1. The van der Waals surface area contributed by atoms with Crippen LogP contribution in [0.1, 0.15) is 44.2 Å².